The van der Waals surface area contributed by atoms with E-state index in [1.54, 1.807) is 11.8 Å². The highest BCUT2D eigenvalue weighted by Gasteiger charge is 2.28. The summed E-state index contributed by atoms with van der Waals surface area (Å²) in [6.07, 6.45) is 5.15. The Balaban J connectivity index is 1.56. The van der Waals surface area contributed by atoms with Crippen molar-refractivity contribution in [1.82, 2.24) is 4.90 Å². The van der Waals surface area contributed by atoms with Crippen LogP contribution in [0.25, 0.3) is 0 Å². The topological polar surface area (TPSA) is 63.4 Å². The third kappa shape index (κ3) is 3.89. The molecule has 0 unspecified atom stereocenters. The summed E-state index contributed by atoms with van der Waals surface area (Å²) in [6, 6.07) is 8.57. The van der Waals surface area contributed by atoms with E-state index < -0.39 is 0 Å². The molecule has 0 aromatic heterocycles. The molecule has 2 amide bonds. The summed E-state index contributed by atoms with van der Waals surface area (Å²) >= 11 is 1.74. The normalized spacial score (nSPS) is 24.1. The number of nitrogens with zero attached hydrogens (tertiary/aromatic N) is 1. The molecular formula is C18H24N2O2S. The Morgan fingerprint density at radius 1 is 1.22 bits per heavy atom. The van der Waals surface area contributed by atoms with E-state index in [1.165, 1.54) is 17.5 Å². The third-order valence-electron chi connectivity index (χ3n) is 4.90. The van der Waals surface area contributed by atoms with Crippen molar-refractivity contribution in [2.24, 2.45) is 11.7 Å². The van der Waals surface area contributed by atoms with Gasteiger partial charge < -0.3 is 10.6 Å². The predicted molar refractivity (Wildman–Crippen MR) is 93.1 cm³/mol. The highest BCUT2D eigenvalue weighted by molar-refractivity contribution is 8.00. The fourth-order valence-electron chi connectivity index (χ4n) is 3.58. The van der Waals surface area contributed by atoms with Gasteiger partial charge in [0.25, 0.3) is 0 Å². The van der Waals surface area contributed by atoms with Crippen molar-refractivity contribution >= 4 is 23.6 Å². The minimum absolute atomic E-state index is 0.143. The summed E-state index contributed by atoms with van der Waals surface area (Å²) in [4.78, 5) is 25.6. The number of carbonyl (C=O) groups is 2. The molecule has 0 radical (unpaired) electrons. The molecule has 1 fully saturated rings. The number of nitrogens with two attached hydrogens (primary N) is 1. The lowest BCUT2D eigenvalue weighted by Gasteiger charge is -2.32. The summed E-state index contributed by atoms with van der Waals surface area (Å²) in [5, 5.41) is 0.417. The molecule has 1 aliphatic heterocycles. The van der Waals surface area contributed by atoms with Gasteiger partial charge in [-0.1, -0.05) is 24.3 Å². The lowest BCUT2D eigenvalue weighted by molar-refractivity contribution is -0.132. The molecule has 0 bridgehead atoms. The first-order valence-corrected chi connectivity index (χ1v) is 9.46. The Kier molecular flexibility index (Phi) is 5.26. The maximum absolute atomic E-state index is 12.5. The van der Waals surface area contributed by atoms with Crippen molar-refractivity contribution in [3.05, 3.63) is 35.4 Å². The van der Waals surface area contributed by atoms with Crippen LogP contribution < -0.4 is 5.73 Å². The van der Waals surface area contributed by atoms with Crippen LogP contribution in [0.5, 0.6) is 0 Å². The zero-order chi connectivity index (χ0) is 16.2. The number of thioether (sulfide) groups is 1. The van der Waals surface area contributed by atoms with Gasteiger partial charge in [-0.25, -0.2) is 0 Å². The van der Waals surface area contributed by atoms with Crippen molar-refractivity contribution in [3.63, 3.8) is 0 Å². The number of amides is 2. The van der Waals surface area contributed by atoms with Crippen LogP contribution in [-0.4, -0.2) is 35.6 Å². The molecule has 1 aromatic rings. The quantitative estimate of drug-likeness (QED) is 0.921. The van der Waals surface area contributed by atoms with E-state index in [0.29, 0.717) is 17.5 Å². The van der Waals surface area contributed by atoms with E-state index in [1.807, 2.05) is 4.90 Å². The van der Waals surface area contributed by atoms with Crippen LogP contribution >= 0.6 is 11.8 Å². The van der Waals surface area contributed by atoms with Gasteiger partial charge in [-0.05, 0) is 43.2 Å². The molecule has 1 saturated heterocycles. The van der Waals surface area contributed by atoms with Crippen molar-refractivity contribution in [2.75, 3.05) is 18.8 Å². The number of piperidine rings is 1. The molecule has 5 heteroatoms. The van der Waals surface area contributed by atoms with Crippen LogP contribution in [0.3, 0.4) is 0 Å². The standard InChI is InChI=1S/C18H24N2O2S/c19-18(22)14-7-4-10-20(11-14)17(21)12-23-16-9-3-6-13-5-1-2-8-15(13)16/h1-2,5,8,14,16H,3-4,6-7,9-12H2,(H2,19,22)/t14-,16-/m0/s1. The van der Waals surface area contributed by atoms with E-state index in [2.05, 4.69) is 24.3 Å². The van der Waals surface area contributed by atoms with Crippen LogP contribution in [0.15, 0.2) is 24.3 Å². The molecule has 1 aliphatic carbocycles. The molecule has 1 heterocycles. The van der Waals surface area contributed by atoms with Crippen LogP contribution in [0.4, 0.5) is 0 Å². The average molecular weight is 332 g/mol. The number of hydrogen-bond acceptors (Lipinski definition) is 3. The maximum atomic E-state index is 12.5. The maximum Gasteiger partial charge on any atom is 0.232 e. The highest BCUT2D eigenvalue weighted by Crippen LogP contribution is 2.39. The highest BCUT2D eigenvalue weighted by atomic mass is 32.2. The van der Waals surface area contributed by atoms with Crippen LogP contribution in [-0.2, 0) is 16.0 Å². The Labute approximate surface area is 141 Å². The summed E-state index contributed by atoms with van der Waals surface area (Å²) in [5.74, 6) is 0.179. The van der Waals surface area contributed by atoms with Crippen LogP contribution in [0.2, 0.25) is 0 Å². The second-order valence-corrected chi connectivity index (χ2v) is 7.66. The van der Waals surface area contributed by atoms with E-state index in [0.717, 1.165) is 32.2 Å². The van der Waals surface area contributed by atoms with Crippen molar-refractivity contribution in [3.8, 4) is 0 Å². The SMILES string of the molecule is NC(=O)[C@H]1CCCN(C(=O)CS[C@H]2CCCc3ccccc32)C1. The zero-order valence-electron chi connectivity index (χ0n) is 13.4. The monoisotopic (exact) mass is 332 g/mol. The number of likely N-dealkylation sites (tertiary alicyclic amines) is 1. The van der Waals surface area contributed by atoms with Crippen molar-refractivity contribution < 1.29 is 9.59 Å². The molecule has 2 aliphatic rings. The van der Waals surface area contributed by atoms with E-state index >= 15 is 0 Å². The fourth-order valence-corrected chi connectivity index (χ4v) is 4.85. The average Bonchev–Trinajstić information content (AvgIpc) is 2.59. The molecule has 0 spiro atoms. The molecule has 4 nitrogen and oxygen atoms in total. The summed E-state index contributed by atoms with van der Waals surface area (Å²) in [5.41, 5.74) is 8.21. The predicted octanol–water partition coefficient (Wildman–Crippen LogP) is 2.52. The van der Waals surface area contributed by atoms with Gasteiger partial charge in [-0.3, -0.25) is 9.59 Å². The third-order valence-corrected chi connectivity index (χ3v) is 6.20. The minimum atomic E-state index is -0.281. The van der Waals surface area contributed by atoms with Gasteiger partial charge in [0.1, 0.15) is 0 Å². The second-order valence-electron chi connectivity index (χ2n) is 6.47. The van der Waals surface area contributed by atoms with Gasteiger partial charge in [-0.15, -0.1) is 11.8 Å². The van der Waals surface area contributed by atoms with Gasteiger partial charge in [0.05, 0.1) is 11.7 Å². The molecule has 1 aromatic carbocycles. The lowest BCUT2D eigenvalue weighted by Crippen LogP contribution is -2.44. The molecule has 3 rings (SSSR count). The number of rotatable bonds is 4. The fraction of sp³-hybridized carbons (Fsp3) is 0.556. The van der Waals surface area contributed by atoms with E-state index in [4.69, 9.17) is 5.73 Å². The summed E-state index contributed by atoms with van der Waals surface area (Å²) in [6.45, 7) is 1.25. The number of benzene rings is 1. The molecule has 2 N–H and O–H groups in total. The summed E-state index contributed by atoms with van der Waals surface area (Å²) < 4.78 is 0. The second kappa shape index (κ2) is 7.39. The molecule has 23 heavy (non-hydrogen) atoms. The molecule has 2 atom stereocenters. The van der Waals surface area contributed by atoms with E-state index in [-0.39, 0.29) is 17.7 Å². The van der Waals surface area contributed by atoms with Crippen molar-refractivity contribution in [2.45, 2.75) is 37.4 Å². The first-order chi connectivity index (χ1) is 11.1. The largest absolute Gasteiger partial charge is 0.369 e. The van der Waals surface area contributed by atoms with Crippen LogP contribution in [0, 0.1) is 5.92 Å². The van der Waals surface area contributed by atoms with E-state index in [9.17, 15) is 9.59 Å². The Bertz CT molecular complexity index is 590. The van der Waals surface area contributed by atoms with Crippen molar-refractivity contribution in [1.29, 1.82) is 0 Å². The number of fused-ring (bicyclic) bond motifs is 1. The first-order valence-electron chi connectivity index (χ1n) is 8.41. The minimum Gasteiger partial charge on any atom is -0.369 e. The van der Waals surface area contributed by atoms with Gasteiger partial charge >= 0.3 is 0 Å². The number of hydrogen-bond donors (Lipinski definition) is 1. The summed E-state index contributed by atoms with van der Waals surface area (Å²) in [7, 11) is 0. The number of primary amides is 1. The number of aryl methyl sites for hydroxylation is 1. The molecule has 0 saturated carbocycles. The molecular weight excluding hydrogens is 308 g/mol. The van der Waals surface area contributed by atoms with Gasteiger partial charge in [-0.2, -0.15) is 0 Å². The number of carbonyl (C=O) groups excluding carboxylic acids is 2. The Morgan fingerprint density at radius 2 is 2.04 bits per heavy atom. The first kappa shape index (κ1) is 16.4. The van der Waals surface area contributed by atoms with Gasteiger partial charge in [0.15, 0.2) is 0 Å². The molecule has 124 valence electrons. The van der Waals surface area contributed by atoms with Gasteiger partial charge in [0.2, 0.25) is 11.8 Å². The van der Waals surface area contributed by atoms with Crippen LogP contribution in [0.1, 0.15) is 42.1 Å². The zero-order valence-corrected chi connectivity index (χ0v) is 14.2. The van der Waals surface area contributed by atoms with Gasteiger partial charge in [0, 0.05) is 18.3 Å². The Hall–Kier alpha value is -1.49. The smallest absolute Gasteiger partial charge is 0.232 e. The lowest BCUT2D eigenvalue weighted by atomic mass is 9.91. The Morgan fingerprint density at radius 3 is 2.87 bits per heavy atom.